The van der Waals surface area contributed by atoms with Gasteiger partial charge in [-0.2, -0.15) is 0 Å². The van der Waals surface area contributed by atoms with Gasteiger partial charge < -0.3 is 4.74 Å². The fourth-order valence-corrected chi connectivity index (χ4v) is 3.62. The van der Waals surface area contributed by atoms with Gasteiger partial charge in [0.2, 0.25) is 0 Å². The van der Waals surface area contributed by atoms with Crippen LogP contribution in [0.2, 0.25) is 0 Å². The molecule has 0 unspecified atom stereocenters. The van der Waals surface area contributed by atoms with Crippen LogP contribution in [0.4, 0.5) is 0 Å². The Hall–Kier alpha value is -1.31. The van der Waals surface area contributed by atoms with Crippen LogP contribution < -0.4 is 0 Å². The Morgan fingerprint density at radius 3 is 2.95 bits per heavy atom. The zero-order valence-electron chi connectivity index (χ0n) is 12.0. The van der Waals surface area contributed by atoms with Crippen molar-refractivity contribution in [2.45, 2.75) is 39.0 Å². The third-order valence-electron chi connectivity index (χ3n) is 4.38. The first kappa shape index (κ1) is 14.1. The minimum absolute atomic E-state index is 0.146. The smallest absolute Gasteiger partial charge is 0.102 e. The van der Waals surface area contributed by atoms with E-state index >= 15 is 0 Å². The van der Waals surface area contributed by atoms with E-state index in [0.29, 0.717) is 12.5 Å². The van der Waals surface area contributed by atoms with Crippen molar-refractivity contribution in [3.63, 3.8) is 0 Å². The number of aliphatic imine (C=N–C) groups is 1. The Kier molecular flexibility index (Phi) is 4.62. The van der Waals surface area contributed by atoms with Crippen LogP contribution in [0.5, 0.6) is 0 Å². The lowest BCUT2D eigenvalue weighted by Crippen LogP contribution is -2.37. The van der Waals surface area contributed by atoms with Gasteiger partial charge in [0.25, 0.3) is 0 Å². The van der Waals surface area contributed by atoms with Crippen molar-refractivity contribution in [2.24, 2.45) is 16.3 Å². The van der Waals surface area contributed by atoms with Gasteiger partial charge in [0.1, 0.15) is 5.76 Å². The molecule has 19 heavy (non-hydrogen) atoms. The lowest BCUT2D eigenvalue weighted by molar-refractivity contribution is 0.122. The normalized spacial score (nSPS) is 31.7. The second-order valence-electron chi connectivity index (χ2n) is 5.44. The highest BCUT2D eigenvalue weighted by Gasteiger charge is 2.49. The standard InChI is InChI=1S/C17H25NO/c1-4-10-17-11-8-7-9-14(17)15(19-6-3)13-16(17)18-12-5-2/h4-5,13-14H,1-2,6-12H2,3H3/t14-,17-/m0/s1. The fraction of sp³-hybridized carbons (Fsp3) is 0.588. The van der Waals surface area contributed by atoms with Gasteiger partial charge in [0, 0.05) is 17.0 Å². The number of ether oxygens (including phenoxy) is 1. The maximum Gasteiger partial charge on any atom is 0.102 e. The van der Waals surface area contributed by atoms with Crippen LogP contribution in [0.15, 0.2) is 42.1 Å². The molecule has 0 N–H and O–H groups in total. The Balaban J connectivity index is 2.36. The van der Waals surface area contributed by atoms with E-state index in [1.54, 1.807) is 0 Å². The summed E-state index contributed by atoms with van der Waals surface area (Å²) in [5.41, 5.74) is 1.36. The molecule has 2 aliphatic rings. The van der Waals surface area contributed by atoms with Crippen molar-refractivity contribution in [1.29, 1.82) is 0 Å². The summed E-state index contributed by atoms with van der Waals surface area (Å²) in [6, 6.07) is 0. The third-order valence-corrected chi connectivity index (χ3v) is 4.38. The second-order valence-corrected chi connectivity index (χ2v) is 5.44. The molecule has 0 saturated heterocycles. The van der Waals surface area contributed by atoms with Gasteiger partial charge in [-0.1, -0.05) is 25.0 Å². The van der Waals surface area contributed by atoms with E-state index in [0.717, 1.165) is 18.8 Å². The van der Waals surface area contributed by atoms with Gasteiger partial charge in [0.05, 0.1) is 13.2 Å². The molecule has 0 aliphatic heterocycles. The van der Waals surface area contributed by atoms with Crippen molar-refractivity contribution in [2.75, 3.05) is 13.2 Å². The third kappa shape index (κ3) is 2.54. The first-order valence-corrected chi connectivity index (χ1v) is 7.39. The molecule has 0 spiro atoms. The second kappa shape index (κ2) is 6.23. The topological polar surface area (TPSA) is 21.6 Å². The molecular weight excluding hydrogens is 234 g/mol. The predicted octanol–water partition coefficient (Wildman–Crippen LogP) is 4.30. The van der Waals surface area contributed by atoms with Gasteiger partial charge in [-0.3, -0.25) is 4.99 Å². The molecule has 0 aromatic heterocycles. The van der Waals surface area contributed by atoms with Gasteiger partial charge in [0.15, 0.2) is 0 Å². The predicted molar refractivity (Wildman–Crippen MR) is 81.4 cm³/mol. The largest absolute Gasteiger partial charge is 0.498 e. The van der Waals surface area contributed by atoms with Crippen molar-refractivity contribution in [1.82, 2.24) is 0 Å². The lowest BCUT2D eigenvalue weighted by Gasteiger charge is -2.40. The quantitative estimate of drug-likeness (QED) is 0.652. The molecule has 2 aliphatic carbocycles. The van der Waals surface area contributed by atoms with Crippen molar-refractivity contribution < 1.29 is 4.74 Å². The van der Waals surface area contributed by atoms with Gasteiger partial charge >= 0.3 is 0 Å². The molecule has 0 heterocycles. The molecule has 2 heteroatoms. The van der Waals surface area contributed by atoms with E-state index in [2.05, 4.69) is 26.2 Å². The highest BCUT2D eigenvalue weighted by Crippen LogP contribution is 2.53. The summed E-state index contributed by atoms with van der Waals surface area (Å²) in [6.07, 6.45) is 12.1. The van der Waals surface area contributed by atoms with E-state index in [4.69, 9.17) is 9.73 Å². The summed E-state index contributed by atoms with van der Waals surface area (Å²) >= 11 is 0. The highest BCUT2D eigenvalue weighted by atomic mass is 16.5. The number of allylic oxidation sites excluding steroid dienone is 3. The van der Waals surface area contributed by atoms with Gasteiger partial charge in [-0.15, -0.1) is 13.2 Å². The van der Waals surface area contributed by atoms with Crippen LogP contribution >= 0.6 is 0 Å². The van der Waals surface area contributed by atoms with Gasteiger partial charge in [-0.05, 0) is 32.3 Å². The Morgan fingerprint density at radius 2 is 2.26 bits per heavy atom. The molecule has 2 atom stereocenters. The molecule has 1 fully saturated rings. The molecule has 0 aromatic rings. The highest BCUT2D eigenvalue weighted by molar-refractivity contribution is 6.03. The zero-order chi connectivity index (χ0) is 13.7. The van der Waals surface area contributed by atoms with Crippen LogP contribution in [-0.4, -0.2) is 18.9 Å². The van der Waals surface area contributed by atoms with Crippen LogP contribution in [-0.2, 0) is 4.74 Å². The van der Waals surface area contributed by atoms with Crippen LogP contribution in [0.3, 0.4) is 0 Å². The molecule has 2 rings (SSSR count). The molecule has 2 nitrogen and oxygen atoms in total. The molecular formula is C17H25NO. The molecule has 0 radical (unpaired) electrons. The zero-order valence-corrected chi connectivity index (χ0v) is 12.0. The number of rotatable bonds is 6. The molecule has 0 amide bonds. The Morgan fingerprint density at radius 1 is 1.42 bits per heavy atom. The molecule has 0 bridgehead atoms. The fourth-order valence-electron chi connectivity index (χ4n) is 3.62. The van der Waals surface area contributed by atoms with Crippen molar-refractivity contribution in [3.8, 4) is 0 Å². The number of nitrogens with zero attached hydrogens (tertiary/aromatic N) is 1. The molecule has 1 saturated carbocycles. The summed E-state index contributed by atoms with van der Waals surface area (Å²) in [7, 11) is 0. The van der Waals surface area contributed by atoms with E-state index in [1.165, 1.54) is 31.4 Å². The molecule has 0 aromatic carbocycles. The summed E-state index contributed by atoms with van der Waals surface area (Å²) in [4.78, 5) is 4.74. The number of hydrogen-bond donors (Lipinski definition) is 0. The van der Waals surface area contributed by atoms with Crippen molar-refractivity contribution in [3.05, 3.63) is 37.1 Å². The average molecular weight is 259 g/mol. The lowest BCUT2D eigenvalue weighted by atomic mass is 9.64. The van der Waals surface area contributed by atoms with E-state index in [9.17, 15) is 0 Å². The SMILES string of the molecule is C=CCN=C1C=C(OCC)[C@@H]2CCCC[C@]12CC=C. The van der Waals surface area contributed by atoms with E-state index in [-0.39, 0.29) is 5.41 Å². The number of fused-ring (bicyclic) bond motifs is 1. The maximum atomic E-state index is 5.87. The first-order valence-electron chi connectivity index (χ1n) is 7.39. The monoisotopic (exact) mass is 259 g/mol. The van der Waals surface area contributed by atoms with Crippen LogP contribution in [0.1, 0.15) is 39.0 Å². The first-order chi connectivity index (χ1) is 9.28. The minimum atomic E-state index is 0.146. The summed E-state index contributed by atoms with van der Waals surface area (Å²) < 4.78 is 5.87. The summed E-state index contributed by atoms with van der Waals surface area (Å²) in [6.45, 7) is 11.2. The van der Waals surface area contributed by atoms with Crippen molar-refractivity contribution >= 4 is 5.71 Å². The molecule has 104 valence electrons. The Labute approximate surface area is 117 Å². The summed E-state index contributed by atoms with van der Waals surface area (Å²) in [5.74, 6) is 1.65. The van der Waals surface area contributed by atoms with E-state index in [1.807, 2.05) is 12.2 Å². The minimum Gasteiger partial charge on any atom is -0.498 e. The van der Waals surface area contributed by atoms with E-state index < -0.39 is 0 Å². The van der Waals surface area contributed by atoms with Crippen LogP contribution in [0, 0.1) is 11.3 Å². The maximum absolute atomic E-state index is 5.87. The van der Waals surface area contributed by atoms with Gasteiger partial charge in [-0.25, -0.2) is 0 Å². The summed E-state index contributed by atoms with van der Waals surface area (Å²) in [5, 5.41) is 0. The number of hydrogen-bond acceptors (Lipinski definition) is 2. The van der Waals surface area contributed by atoms with Crippen LogP contribution in [0.25, 0.3) is 0 Å². The Bertz CT molecular complexity index is 407. The average Bonchev–Trinajstić information content (AvgIpc) is 2.72.